The van der Waals surface area contributed by atoms with Crippen LogP contribution >= 0.6 is 0 Å². The van der Waals surface area contributed by atoms with Crippen molar-refractivity contribution in [3.8, 4) is 11.3 Å². The van der Waals surface area contributed by atoms with E-state index < -0.39 is 0 Å². The Labute approximate surface area is 165 Å². The zero-order valence-electron chi connectivity index (χ0n) is 17.2. The minimum atomic E-state index is -0.167. The highest BCUT2D eigenvalue weighted by Crippen LogP contribution is 2.49. The number of nitrogens with zero attached hydrogens (tertiary/aromatic N) is 3. The fourth-order valence-electron chi connectivity index (χ4n) is 4.74. The van der Waals surface area contributed by atoms with Gasteiger partial charge in [-0.25, -0.2) is 0 Å². The number of hydrogen-bond donors (Lipinski definition) is 0. The van der Waals surface area contributed by atoms with E-state index >= 15 is 0 Å². The summed E-state index contributed by atoms with van der Waals surface area (Å²) in [7, 11) is 0. The molecule has 0 atom stereocenters. The monoisotopic (exact) mass is 367 g/mol. The van der Waals surface area contributed by atoms with E-state index in [9.17, 15) is 0 Å². The van der Waals surface area contributed by atoms with Crippen LogP contribution in [0.3, 0.4) is 0 Å². The maximum Gasteiger partial charge on any atom is 0.0888 e. The lowest BCUT2D eigenvalue weighted by Crippen LogP contribution is -2.25. The second-order valence-electron chi connectivity index (χ2n) is 9.68. The molecule has 3 heterocycles. The molecule has 0 saturated heterocycles. The lowest BCUT2D eigenvalue weighted by atomic mass is 9.69. The van der Waals surface area contributed by atoms with E-state index in [1.807, 2.05) is 18.6 Å². The molecule has 3 heteroatoms. The van der Waals surface area contributed by atoms with Gasteiger partial charge in [0.25, 0.3) is 0 Å². The van der Waals surface area contributed by atoms with Crippen molar-refractivity contribution in [3.63, 3.8) is 0 Å². The summed E-state index contributed by atoms with van der Waals surface area (Å²) < 4.78 is 0. The van der Waals surface area contributed by atoms with Gasteiger partial charge in [-0.15, -0.1) is 0 Å². The summed E-state index contributed by atoms with van der Waals surface area (Å²) in [6.07, 6.45) is 6.83. The molecule has 28 heavy (non-hydrogen) atoms. The van der Waals surface area contributed by atoms with Crippen molar-refractivity contribution in [1.82, 2.24) is 15.0 Å². The Hall–Kier alpha value is -2.81. The third-order valence-corrected chi connectivity index (χ3v) is 5.85. The predicted molar refractivity (Wildman–Crippen MR) is 116 cm³/mol. The van der Waals surface area contributed by atoms with Crippen LogP contribution in [0.25, 0.3) is 33.1 Å². The van der Waals surface area contributed by atoms with Gasteiger partial charge in [-0.05, 0) is 46.7 Å². The number of hydrogen-bond acceptors (Lipinski definition) is 3. The van der Waals surface area contributed by atoms with Crippen molar-refractivity contribution in [2.24, 2.45) is 5.41 Å². The molecule has 0 bridgehead atoms. The highest BCUT2D eigenvalue weighted by molar-refractivity contribution is 6.04. The zero-order valence-corrected chi connectivity index (χ0v) is 17.2. The maximum absolute atomic E-state index is 4.88. The molecular weight excluding hydrogens is 342 g/mol. The average Bonchev–Trinajstić information content (AvgIpc) is 2.64. The summed E-state index contributed by atoms with van der Waals surface area (Å²) >= 11 is 0. The molecule has 0 saturated carbocycles. The Balaban J connectivity index is 1.88. The van der Waals surface area contributed by atoms with E-state index in [0.29, 0.717) is 0 Å². The molecule has 1 aliphatic rings. The van der Waals surface area contributed by atoms with Gasteiger partial charge in [-0.3, -0.25) is 15.0 Å². The molecule has 3 aromatic heterocycles. The molecule has 5 rings (SSSR count). The van der Waals surface area contributed by atoms with Crippen LogP contribution < -0.4 is 0 Å². The van der Waals surface area contributed by atoms with Crippen molar-refractivity contribution in [2.45, 2.75) is 46.5 Å². The Morgan fingerprint density at radius 2 is 1.75 bits per heavy atom. The van der Waals surface area contributed by atoms with Gasteiger partial charge in [0.2, 0.25) is 0 Å². The van der Waals surface area contributed by atoms with Crippen LogP contribution in [0.2, 0.25) is 0 Å². The summed E-state index contributed by atoms with van der Waals surface area (Å²) in [6.45, 7) is 11.4. The fourth-order valence-corrected chi connectivity index (χ4v) is 4.74. The number of benzene rings is 1. The molecule has 0 spiro atoms. The first-order valence-corrected chi connectivity index (χ1v) is 9.92. The number of pyridine rings is 3. The molecule has 0 fully saturated rings. The summed E-state index contributed by atoms with van der Waals surface area (Å²) in [5.41, 5.74) is 8.18. The number of rotatable bonds is 1. The molecule has 0 aliphatic heterocycles. The van der Waals surface area contributed by atoms with Gasteiger partial charge in [0.05, 0.1) is 22.9 Å². The average molecular weight is 367 g/mol. The van der Waals surface area contributed by atoms with Gasteiger partial charge in [0.15, 0.2) is 0 Å². The fraction of sp³-hybridized carbons (Fsp3) is 0.320. The number of fused-ring (bicyclic) bond motifs is 4. The molecule has 0 N–H and O–H groups in total. The predicted octanol–water partition coefficient (Wildman–Crippen LogP) is 6.07. The SMILES string of the molecule is CC(C)(C)Cc1cnc2cnc3c(c2c1)C(C)(C)c1cccc2nccc-3c12. The normalized spacial score (nSPS) is 15.0. The van der Waals surface area contributed by atoms with E-state index in [2.05, 4.69) is 69.9 Å². The van der Waals surface area contributed by atoms with Gasteiger partial charge in [-0.1, -0.05) is 46.8 Å². The third-order valence-electron chi connectivity index (χ3n) is 5.85. The summed E-state index contributed by atoms with van der Waals surface area (Å²) in [5.74, 6) is 0. The standard InChI is InChI=1S/C25H25N3/c1-24(2,3)12-15-11-17-20(27-13-15)14-28-23-16-9-10-26-19-8-6-7-18(21(16)19)25(4,5)22(17)23/h6-11,13-14H,12H2,1-5H3. The van der Waals surface area contributed by atoms with Crippen LogP contribution in [-0.2, 0) is 11.8 Å². The van der Waals surface area contributed by atoms with E-state index in [4.69, 9.17) is 9.97 Å². The zero-order chi connectivity index (χ0) is 19.7. The quantitative estimate of drug-likeness (QED) is 0.410. The summed E-state index contributed by atoms with van der Waals surface area (Å²) in [4.78, 5) is 14.2. The third kappa shape index (κ3) is 2.46. The maximum atomic E-state index is 4.88. The Morgan fingerprint density at radius 1 is 0.929 bits per heavy atom. The highest BCUT2D eigenvalue weighted by atomic mass is 14.8. The van der Waals surface area contributed by atoms with Crippen molar-refractivity contribution < 1.29 is 0 Å². The van der Waals surface area contributed by atoms with Crippen LogP contribution in [0.4, 0.5) is 0 Å². The molecule has 0 unspecified atom stereocenters. The summed E-state index contributed by atoms with van der Waals surface area (Å²) in [6, 6.07) is 10.9. The van der Waals surface area contributed by atoms with E-state index in [-0.39, 0.29) is 10.8 Å². The number of aromatic nitrogens is 3. The lowest BCUT2D eigenvalue weighted by molar-refractivity contribution is 0.411. The van der Waals surface area contributed by atoms with Crippen LogP contribution in [0.15, 0.2) is 48.9 Å². The van der Waals surface area contributed by atoms with E-state index in [1.54, 1.807) is 0 Å². The second kappa shape index (κ2) is 5.60. The molecule has 140 valence electrons. The summed E-state index contributed by atoms with van der Waals surface area (Å²) in [5, 5.41) is 2.45. The van der Waals surface area contributed by atoms with Gasteiger partial charge in [0, 0.05) is 34.1 Å². The Morgan fingerprint density at radius 3 is 2.54 bits per heavy atom. The molecule has 0 amide bonds. The van der Waals surface area contributed by atoms with Crippen molar-refractivity contribution in [1.29, 1.82) is 0 Å². The smallest absolute Gasteiger partial charge is 0.0888 e. The Kier molecular flexibility index (Phi) is 3.46. The minimum absolute atomic E-state index is 0.167. The molecule has 4 aromatic rings. The first-order chi connectivity index (χ1) is 13.3. The van der Waals surface area contributed by atoms with E-state index in [0.717, 1.165) is 23.1 Å². The van der Waals surface area contributed by atoms with Gasteiger partial charge >= 0.3 is 0 Å². The minimum Gasteiger partial charge on any atom is -0.256 e. The molecule has 1 aliphatic carbocycles. The first kappa shape index (κ1) is 17.3. The van der Waals surface area contributed by atoms with E-state index in [1.165, 1.54) is 33.0 Å². The first-order valence-electron chi connectivity index (χ1n) is 9.92. The molecule has 1 aromatic carbocycles. The van der Waals surface area contributed by atoms with Crippen molar-refractivity contribution in [2.75, 3.05) is 0 Å². The topological polar surface area (TPSA) is 38.7 Å². The largest absolute Gasteiger partial charge is 0.256 e. The van der Waals surface area contributed by atoms with Crippen LogP contribution in [-0.4, -0.2) is 15.0 Å². The van der Waals surface area contributed by atoms with Gasteiger partial charge < -0.3 is 0 Å². The van der Waals surface area contributed by atoms with Crippen LogP contribution in [0.5, 0.6) is 0 Å². The van der Waals surface area contributed by atoms with Crippen molar-refractivity contribution >= 4 is 21.8 Å². The molecular formula is C25H25N3. The van der Waals surface area contributed by atoms with Crippen molar-refractivity contribution in [3.05, 3.63) is 65.6 Å². The van der Waals surface area contributed by atoms with Gasteiger partial charge in [0.1, 0.15) is 0 Å². The van der Waals surface area contributed by atoms with Crippen LogP contribution in [0, 0.1) is 5.41 Å². The molecule has 0 radical (unpaired) electrons. The van der Waals surface area contributed by atoms with Crippen LogP contribution in [0.1, 0.15) is 51.3 Å². The molecule has 3 nitrogen and oxygen atoms in total. The second-order valence-corrected chi connectivity index (χ2v) is 9.68. The Bertz CT molecular complexity index is 1240. The lowest BCUT2D eigenvalue weighted by Gasteiger charge is -2.35. The van der Waals surface area contributed by atoms with Gasteiger partial charge in [-0.2, -0.15) is 0 Å². The highest BCUT2D eigenvalue weighted by Gasteiger charge is 2.36.